The molecule has 1 atom stereocenters. The van der Waals surface area contributed by atoms with E-state index in [4.69, 9.17) is 4.74 Å². The van der Waals surface area contributed by atoms with E-state index in [0.29, 0.717) is 19.0 Å². The average Bonchev–Trinajstić information content (AvgIpc) is 3.16. The smallest absolute Gasteiger partial charge is 0.377 e. The molecule has 3 rings (SSSR count). The topological polar surface area (TPSA) is 76.0 Å². The Morgan fingerprint density at radius 2 is 2.29 bits per heavy atom. The van der Waals surface area contributed by atoms with Crippen LogP contribution in [0.1, 0.15) is 23.3 Å². The Labute approximate surface area is 135 Å². The molecule has 2 aromatic heterocycles. The van der Waals surface area contributed by atoms with Gasteiger partial charge in [0, 0.05) is 24.6 Å². The SMILES string of the molecule is Cc1cnc(C2COCCN2C(=O)Cn2ccc(C(F)(F)F)n2)[nH]1. The predicted molar refractivity (Wildman–Crippen MR) is 75.8 cm³/mol. The van der Waals surface area contributed by atoms with Crippen molar-refractivity contribution in [1.29, 1.82) is 0 Å². The van der Waals surface area contributed by atoms with Crippen LogP contribution in [0.15, 0.2) is 18.5 Å². The van der Waals surface area contributed by atoms with Gasteiger partial charge in [0.2, 0.25) is 5.91 Å². The summed E-state index contributed by atoms with van der Waals surface area (Å²) in [6.07, 6.45) is -1.73. The Kier molecular flexibility index (Phi) is 4.31. The summed E-state index contributed by atoms with van der Waals surface area (Å²) in [7, 11) is 0. The molecule has 7 nitrogen and oxygen atoms in total. The lowest BCUT2D eigenvalue weighted by atomic mass is 10.2. The van der Waals surface area contributed by atoms with Crippen molar-refractivity contribution in [3.8, 4) is 0 Å². The van der Waals surface area contributed by atoms with Crippen LogP contribution in [0, 0.1) is 6.92 Å². The molecule has 1 N–H and O–H groups in total. The summed E-state index contributed by atoms with van der Waals surface area (Å²) in [5.41, 5.74) is -0.166. The number of nitrogens with zero attached hydrogens (tertiary/aromatic N) is 4. The molecular formula is C14H16F3N5O2. The number of halogens is 3. The second kappa shape index (κ2) is 6.27. The van der Waals surface area contributed by atoms with Crippen molar-refractivity contribution in [2.45, 2.75) is 25.7 Å². The molecule has 0 aromatic carbocycles. The summed E-state index contributed by atoms with van der Waals surface area (Å²) in [4.78, 5) is 21.3. The Hall–Kier alpha value is -2.36. The summed E-state index contributed by atoms with van der Waals surface area (Å²) in [6, 6.07) is 0.456. The average molecular weight is 343 g/mol. The molecule has 1 amide bonds. The normalized spacial score (nSPS) is 18.8. The lowest BCUT2D eigenvalue weighted by Crippen LogP contribution is -2.45. The van der Waals surface area contributed by atoms with Gasteiger partial charge in [0.15, 0.2) is 5.69 Å². The van der Waals surface area contributed by atoms with E-state index in [2.05, 4.69) is 15.1 Å². The molecule has 0 spiro atoms. The number of amides is 1. The zero-order valence-electron chi connectivity index (χ0n) is 12.9. The fourth-order valence-corrected chi connectivity index (χ4v) is 2.56. The van der Waals surface area contributed by atoms with Crippen LogP contribution in [0.4, 0.5) is 13.2 Å². The van der Waals surface area contributed by atoms with Gasteiger partial charge in [-0.15, -0.1) is 0 Å². The number of alkyl halides is 3. The molecule has 130 valence electrons. The van der Waals surface area contributed by atoms with Crippen LogP contribution in [0.2, 0.25) is 0 Å². The Morgan fingerprint density at radius 3 is 2.92 bits per heavy atom. The number of nitrogens with one attached hydrogen (secondary N) is 1. The van der Waals surface area contributed by atoms with Gasteiger partial charge in [0.05, 0.1) is 13.2 Å². The van der Waals surface area contributed by atoms with E-state index < -0.39 is 17.9 Å². The number of H-pyrrole nitrogens is 1. The minimum absolute atomic E-state index is 0.272. The first-order valence-electron chi connectivity index (χ1n) is 7.34. The van der Waals surface area contributed by atoms with Crippen molar-refractivity contribution in [2.75, 3.05) is 19.8 Å². The number of carbonyl (C=O) groups excluding carboxylic acids is 1. The Bertz CT molecular complexity index is 724. The molecule has 0 radical (unpaired) electrons. The van der Waals surface area contributed by atoms with E-state index in [9.17, 15) is 18.0 Å². The lowest BCUT2D eigenvalue weighted by Gasteiger charge is -2.34. The fourth-order valence-electron chi connectivity index (χ4n) is 2.56. The molecule has 0 aliphatic carbocycles. The third kappa shape index (κ3) is 3.42. The van der Waals surface area contributed by atoms with Gasteiger partial charge in [-0.2, -0.15) is 18.3 Å². The number of imidazole rings is 1. The first-order chi connectivity index (χ1) is 11.3. The number of aromatic nitrogens is 4. The second-order valence-corrected chi connectivity index (χ2v) is 5.53. The number of carbonyl (C=O) groups is 1. The highest BCUT2D eigenvalue weighted by atomic mass is 19.4. The van der Waals surface area contributed by atoms with Gasteiger partial charge in [-0.05, 0) is 13.0 Å². The van der Waals surface area contributed by atoms with E-state index in [1.165, 1.54) is 0 Å². The molecule has 1 aliphatic rings. The molecule has 1 aliphatic heterocycles. The van der Waals surface area contributed by atoms with Crippen LogP contribution in [0.25, 0.3) is 0 Å². The first kappa shape index (κ1) is 16.5. The van der Waals surface area contributed by atoms with Crippen LogP contribution >= 0.6 is 0 Å². The third-order valence-electron chi connectivity index (χ3n) is 3.72. The fraction of sp³-hybridized carbons (Fsp3) is 0.500. The van der Waals surface area contributed by atoms with E-state index in [0.717, 1.165) is 22.6 Å². The van der Waals surface area contributed by atoms with E-state index >= 15 is 0 Å². The molecule has 3 heterocycles. The molecule has 0 saturated carbocycles. The van der Waals surface area contributed by atoms with Crippen molar-refractivity contribution >= 4 is 5.91 Å². The number of morpholine rings is 1. The first-order valence-corrected chi connectivity index (χ1v) is 7.34. The summed E-state index contributed by atoms with van der Waals surface area (Å²) in [6.45, 7) is 2.57. The highest BCUT2D eigenvalue weighted by Gasteiger charge is 2.34. The highest BCUT2D eigenvalue weighted by molar-refractivity contribution is 5.76. The van der Waals surface area contributed by atoms with Crippen molar-refractivity contribution in [3.05, 3.63) is 35.7 Å². The largest absolute Gasteiger partial charge is 0.435 e. The minimum Gasteiger partial charge on any atom is -0.377 e. The number of ether oxygens (including phenoxy) is 1. The van der Waals surface area contributed by atoms with Crippen LogP contribution in [-0.2, 0) is 22.3 Å². The van der Waals surface area contributed by atoms with Gasteiger partial charge in [-0.25, -0.2) is 4.98 Å². The minimum atomic E-state index is -4.53. The van der Waals surface area contributed by atoms with Crippen molar-refractivity contribution in [3.63, 3.8) is 0 Å². The third-order valence-corrected chi connectivity index (χ3v) is 3.72. The molecule has 1 unspecified atom stereocenters. The van der Waals surface area contributed by atoms with Crippen molar-refractivity contribution < 1.29 is 22.7 Å². The molecule has 10 heteroatoms. The predicted octanol–water partition coefficient (Wildman–Crippen LogP) is 1.53. The van der Waals surface area contributed by atoms with Crippen LogP contribution in [0.3, 0.4) is 0 Å². The molecule has 0 bridgehead atoms. The quantitative estimate of drug-likeness (QED) is 0.917. The van der Waals surface area contributed by atoms with Crippen LogP contribution in [-0.4, -0.2) is 50.3 Å². The highest BCUT2D eigenvalue weighted by Crippen LogP contribution is 2.27. The van der Waals surface area contributed by atoms with E-state index in [1.54, 1.807) is 11.1 Å². The zero-order chi connectivity index (χ0) is 17.3. The number of rotatable bonds is 3. The molecule has 2 aromatic rings. The maximum absolute atomic E-state index is 12.6. The summed E-state index contributed by atoms with van der Waals surface area (Å²) < 4.78 is 44.1. The van der Waals surface area contributed by atoms with Crippen molar-refractivity contribution in [1.82, 2.24) is 24.6 Å². The van der Waals surface area contributed by atoms with Crippen LogP contribution < -0.4 is 0 Å². The maximum atomic E-state index is 12.6. The summed E-state index contributed by atoms with van der Waals surface area (Å²) in [5, 5.41) is 3.41. The molecule has 24 heavy (non-hydrogen) atoms. The summed E-state index contributed by atoms with van der Waals surface area (Å²) in [5.74, 6) is 0.256. The number of aromatic amines is 1. The van der Waals surface area contributed by atoms with Crippen LogP contribution in [0.5, 0.6) is 0 Å². The van der Waals surface area contributed by atoms with Gasteiger partial charge in [0.25, 0.3) is 0 Å². The Balaban J connectivity index is 1.73. The maximum Gasteiger partial charge on any atom is 0.435 e. The Morgan fingerprint density at radius 1 is 1.50 bits per heavy atom. The number of aryl methyl sites for hydroxylation is 1. The van der Waals surface area contributed by atoms with Gasteiger partial charge in [0.1, 0.15) is 18.4 Å². The second-order valence-electron chi connectivity index (χ2n) is 5.53. The van der Waals surface area contributed by atoms with E-state index in [1.807, 2.05) is 6.92 Å². The van der Waals surface area contributed by atoms with Gasteiger partial charge in [-0.1, -0.05) is 0 Å². The van der Waals surface area contributed by atoms with E-state index in [-0.39, 0.29) is 19.1 Å². The van der Waals surface area contributed by atoms with Gasteiger partial charge < -0.3 is 14.6 Å². The standard InChI is InChI=1S/C14H16F3N5O2/c1-9-6-18-13(19-9)10-8-24-5-4-22(10)12(23)7-21-3-2-11(20-21)14(15,16)17/h2-3,6,10H,4-5,7-8H2,1H3,(H,18,19). The lowest BCUT2D eigenvalue weighted by molar-refractivity contribution is -0.144. The van der Waals surface area contributed by atoms with Gasteiger partial charge in [-0.3, -0.25) is 9.48 Å². The van der Waals surface area contributed by atoms with Crippen molar-refractivity contribution in [2.24, 2.45) is 0 Å². The molecule has 1 fully saturated rings. The number of hydrogen-bond donors (Lipinski definition) is 1. The number of hydrogen-bond acceptors (Lipinski definition) is 4. The zero-order valence-corrected chi connectivity index (χ0v) is 12.9. The van der Waals surface area contributed by atoms with Gasteiger partial charge >= 0.3 is 6.18 Å². The molecule has 1 saturated heterocycles. The monoisotopic (exact) mass is 343 g/mol. The molecular weight excluding hydrogens is 327 g/mol. The summed E-state index contributed by atoms with van der Waals surface area (Å²) >= 11 is 0.